The van der Waals surface area contributed by atoms with Crippen molar-refractivity contribution < 1.29 is 19.2 Å². The van der Waals surface area contributed by atoms with E-state index < -0.39 is 16.9 Å². The van der Waals surface area contributed by atoms with Gasteiger partial charge in [0.15, 0.2) is 0 Å². The second-order valence-corrected chi connectivity index (χ2v) is 4.07. The van der Waals surface area contributed by atoms with Crippen LogP contribution in [0, 0.1) is 10.1 Å². The van der Waals surface area contributed by atoms with Gasteiger partial charge in [-0.15, -0.1) is 0 Å². The third-order valence-electron chi connectivity index (χ3n) is 2.82. The second-order valence-electron chi connectivity index (χ2n) is 4.07. The van der Waals surface area contributed by atoms with Gasteiger partial charge in [-0.25, -0.2) is 9.59 Å². The van der Waals surface area contributed by atoms with E-state index in [1.165, 1.54) is 6.07 Å². The zero-order valence-corrected chi connectivity index (χ0v) is 9.76. The van der Waals surface area contributed by atoms with Crippen LogP contribution in [0.25, 0.3) is 0 Å². The first-order valence-corrected chi connectivity index (χ1v) is 5.62. The normalized spacial score (nSPS) is 13.4. The van der Waals surface area contributed by atoms with E-state index in [9.17, 15) is 19.7 Å². The lowest BCUT2D eigenvalue weighted by molar-refractivity contribution is -0.384. The third-order valence-corrected chi connectivity index (χ3v) is 2.82. The zero-order valence-electron chi connectivity index (χ0n) is 9.76. The standard InChI is InChI=1S/C12H11NO5/c1-2-3-4-7-5-8(13(16)17)6-9-10(7)12(15)18-11(9)14/h5-6H,2-4H2,1H3. The number of non-ortho nitro benzene ring substituents is 1. The predicted molar refractivity (Wildman–Crippen MR) is 61.5 cm³/mol. The molecule has 0 aliphatic carbocycles. The van der Waals surface area contributed by atoms with E-state index >= 15 is 0 Å². The number of nitro benzene ring substituents is 1. The van der Waals surface area contributed by atoms with E-state index in [1.54, 1.807) is 0 Å². The van der Waals surface area contributed by atoms with Crippen LogP contribution in [0.5, 0.6) is 0 Å². The van der Waals surface area contributed by atoms with Crippen molar-refractivity contribution in [3.8, 4) is 0 Å². The Bertz CT molecular complexity index is 550. The van der Waals surface area contributed by atoms with Crippen LogP contribution in [-0.2, 0) is 11.2 Å². The Morgan fingerprint density at radius 1 is 1.28 bits per heavy atom. The fourth-order valence-corrected chi connectivity index (χ4v) is 1.95. The maximum atomic E-state index is 11.5. The summed E-state index contributed by atoms with van der Waals surface area (Å²) in [5.74, 6) is -1.52. The molecule has 0 amide bonds. The summed E-state index contributed by atoms with van der Waals surface area (Å²) in [7, 11) is 0. The van der Waals surface area contributed by atoms with Crippen LogP contribution in [0.4, 0.5) is 5.69 Å². The summed E-state index contributed by atoms with van der Waals surface area (Å²) in [6, 6.07) is 2.44. The number of fused-ring (bicyclic) bond motifs is 1. The van der Waals surface area contributed by atoms with Gasteiger partial charge in [-0.3, -0.25) is 10.1 Å². The summed E-state index contributed by atoms with van der Waals surface area (Å²) >= 11 is 0. The monoisotopic (exact) mass is 249 g/mol. The van der Waals surface area contributed by atoms with E-state index in [1.807, 2.05) is 6.92 Å². The number of hydrogen-bond acceptors (Lipinski definition) is 5. The Hall–Kier alpha value is -2.24. The van der Waals surface area contributed by atoms with Gasteiger partial charge >= 0.3 is 11.9 Å². The highest BCUT2D eigenvalue weighted by atomic mass is 16.6. The average molecular weight is 249 g/mol. The fourth-order valence-electron chi connectivity index (χ4n) is 1.95. The van der Waals surface area contributed by atoms with Crippen molar-refractivity contribution in [3.63, 3.8) is 0 Å². The summed E-state index contributed by atoms with van der Waals surface area (Å²) in [5, 5.41) is 10.8. The number of carbonyl (C=O) groups excluding carboxylic acids is 2. The fraction of sp³-hybridized carbons (Fsp3) is 0.333. The zero-order chi connectivity index (χ0) is 13.3. The lowest BCUT2D eigenvalue weighted by atomic mass is 9.97. The number of nitrogens with zero attached hydrogens (tertiary/aromatic N) is 1. The van der Waals surface area contributed by atoms with Crippen LogP contribution in [-0.4, -0.2) is 16.9 Å². The van der Waals surface area contributed by atoms with Gasteiger partial charge in [-0.1, -0.05) is 13.3 Å². The summed E-state index contributed by atoms with van der Waals surface area (Å²) in [4.78, 5) is 33.1. The minimum atomic E-state index is -0.809. The van der Waals surface area contributed by atoms with E-state index in [0.717, 1.165) is 18.9 Å². The lowest BCUT2D eigenvalue weighted by Gasteiger charge is -2.04. The molecule has 1 aliphatic heterocycles. The Balaban J connectivity index is 2.56. The van der Waals surface area contributed by atoms with E-state index in [0.29, 0.717) is 12.0 Å². The number of aryl methyl sites for hydroxylation is 1. The molecule has 0 bridgehead atoms. The van der Waals surface area contributed by atoms with Gasteiger partial charge in [0, 0.05) is 12.1 Å². The SMILES string of the molecule is CCCCc1cc([N+](=O)[O-])cc2c1C(=O)OC2=O. The van der Waals surface area contributed by atoms with Crippen LogP contribution < -0.4 is 0 Å². The summed E-state index contributed by atoms with van der Waals surface area (Å²) < 4.78 is 4.49. The Kier molecular flexibility index (Phi) is 3.10. The van der Waals surface area contributed by atoms with E-state index in [2.05, 4.69) is 4.74 Å². The molecule has 0 aromatic heterocycles. The van der Waals surface area contributed by atoms with Crippen molar-refractivity contribution in [1.29, 1.82) is 0 Å². The molecular formula is C12H11NO5. The van der Waals surface area contributed by atoms with Crippen LogP contribution in [0.2, 0.25) is 0 Å². The van der Waals surface area contributed by atoms with Gasteiger partial charge < -0.3 is 4.74 Å². The maximum Gasteiger partial charge on any atom is 0.347 e. The minimum absolute atomic E-state index is 0.000281. The van der Waals surface area contributed by atoms with E-state index in [4.69, 9.17) is 0 Å². The Labute approximate surface area is 103 Å². The molecule has 1 aromatic carbocycles. The minimum Gasteiger partial charge on any atom is -0.386 e. The van der Waals surface area contributed by atoms with Crippen molar-refractivity contribution in [2.45, 2.75) is 26.2 Å². The van der Waals surface area contributed by atoms with Crippen molar-refractivity contribution in [2.24, 2.45) is 0 Å². The van der Waals surface area contributed by atoms with Gasteiger partial charge in [-0.05, 0) is 18.4 Å². The first-order chi connectivity index (χ1) is 8.54. The smallest absolute Gasteiger partial charge is 0.347 e. The predicted octanol–water partition coefficient (Wildman–Crippen LogP) is 2.25. The molecule has 0 N–H and O–H groups in total. The number of cyclic esters (lactones) is 2. The summed E-state index contributed by atoms with van der Waals surface area (Å²) in [6.07, 6.45) is 2.19. The molecule has 0 saturated heterocycles. The molecule has 18 heavy (non-hydrogen) atoms. The molecule has 0 saturated carbocycles. The molecule has 6 nitrogen and oxygen atoms in total. The number of esters is 2. The van der Waals surface area contributed by atoms with Crippen molar-refractivity contribution in [1.82, 2.24) is 0 Å². The number of unbranched alkanes of at least 4 members (excludes halogenated alkanes) is 1. The quantitative estimate of drug-likeness (QED) is 0.353. The molecule has 0 spiro atoms. The Morgan fingerprint density at radius 2 is 2.00 bits per heavy atom. The molecule has 1 heterocycles. The molecule has 0 unspecified atom stereocenters. The molecule has 0 atom stereocenters. The molecule has 0 fully saturated rings. The van der Waals surface area contributed by atoms with Crippen molar-refractivity contribution in [3.05, 3.63) is 38.9 Å². The molecule has 0 radical (unpaired) electrons. The number of nitro groups is 1. The van der Waals surface area contributed by atoms with Gasteiger partial charge in [0.2, 0.25) is 0 Å². The highest BCUT2D eigenvalue weighted by molar-refractivity contribution is 6.15. The van der Waals surface area contributed by atoms with Crippen LogP contribution in [0.3, 0.4) is 0 Å². The van der Waals surface area contributed by atoms with Gasteiger partial charge in [0.05, 0.1) is 16.1 Å². The Morgan fingerprint density at radius 3 is 2.61 bits per heavy atom. The van der Waals surface area contributed by atoms with Gasteiger partial charge in [0.1, 0.15) is 0 Å². The van der Waals surface area contributed by atoms with E-state index in [-0.39, 0.29) is 16.8 Å². The van der Waals surface area contributed by atoms with Gasteiger partial charge in [0.25, 0.3) is 5.69 Å². The number of ether oxygens (including phenoxy) is 1. The molecule has 1 aromatic rings. The van der Waals surface area contributed by atoms with Crippen LogP contribution in [0.15, 0.2) is 12.1 Å². The third kappa shape index (κ3) is 1.97. The average Bonchev–Trinajstić information content (AvgIpc) is 2.62. The highest BCUT2D eigenvalue weighted by Crippen LogP contribution is 2.29. The highest BCUT2D eigenvalue weighted by Gasteiger charge is 2.34. The summed E-state index contributed by atoms with van der Waals surface area (Å²) in [5.41, 5.74) is 0.503. The number of benzene rings is 1. The van der Waals surface area contributed by atoms with Crippen LogP contribution >= 0.6 is 0 Å². The number of carbonyl (C=O) groups is 2. The van der Waals surface area contributed by atoms with Gasteiger partial charge in [-0.2, -0.15) is 0 Å². The summed E-state index contributed by atoms with van der Waals surface area (Å²) in [6.45, 7) is 1.97. The van der Waals surface area contributed by atoms with Crippen LogP contribution in [0.1, 0.15) is 46.0 Å². The second kappa shape index (κ2) is 4.56. The molecule has 1 aliphatic rings. The van der Waals surface area contributed by atoms with Crippen molar-refractivity contribution in [2.75, 3.05) is 0 Å². The first-order valence-electron chi connectivity index (χ1n) is 5.62. The molecule has 94 valence electrons. The molecule has 6 heteroatoms. The maximum absolute atomic E-state index is 11.5. The number of rotatable bonds is 4. The topological polar surface area (TPSA) is 86.5 Å². The lowest BCUT2D eigenvalue weighted by Crippen LogP contribution is -2.02. The number of hydrogen-bond donors (Lipinski definition) is 0. The first kappa shape index (κ1) is 12.2. The molecular weight excluding hydrogens is 238 g/mol. The van der Waals surface area contributed by atoms with Crippen molar-refractivity contribution >= 4 is 17.6 Å². The molecule has 2 rings (SSSR count). The largest absolute Gasteiger partial charge is 0.386 e.